The van der Waals surface area contributed by atoms with E-state index in [0.29, 0.717) is 39.1 Å². The van der Waals surface area contributed by atoms with Gasteiger partial charge in [-0.1, -0.05) is 28.4 Å². The predicted molar refractivity (Wildman–Crippen MR) is 91.0 cm³/mol. The molecule has 1 aromatic carbocycles. The number of halogens is 2. The maximum atomic E-state index is 6.00. The van der Waals surface area contributed by atoms with Gasteiger partial charge in [0, 0.05) is 27.9 Å². The Bertz CT molecular complexity index is 829. The first-order valence-corrected chi connectivity index (χ1v) is 7.53. The molecule has 0 saturated carbocycles. The lowest BCUT2D eigenvalue weighted by molar-refractivity contribution is 0.400. The van der Waals surface area contributed by atoms with Crippen molar-refractivity contribution in [3.8, 4) is 0 Å². The summed E-state index contributed by atoms with van der Waals surface area (Å²) in [5, 5.41) is 11.2. The molecule has 3 aromatic rings. The summed E-state index contributed by atoms with van der Waals surface area (Å²) in [6.07, 6.45) is 0. The number of hydrogen-bond donors (Lipinski definition) is 2. The van der Waals surface area contributed by atoms with Crippen molar-refractivity contribution in [2.75, 3.05) is 10.6 Å². The summed E-state index contributed by atoms with van der Waals surface area (Å²) in [5.41, 5.74) is 0.740. The highest BCUT2D eigenvalue weighted by Gasteiger charge is 2.06. The lowest BCUT2D eigenvalue weighted by atomic mass is 10.3. The first-order chi connectivity index (χ1) is 11.0. The predicted octanol–water partition coefficient (Wildman–Crippen LogP) is 4.88. The second-order valence-corrected chi connectivity index (χ2v) is 5.79. The van der Waals surface area contributed by atoms with Gasteiger partial charge in [0.2, 0.25) is 0 Å². The highest BCUT2D eigenvalue weighted by atomic mass is 35.5. The number of aryl methyl sites for hydroxylation is 2. The Morgan fingerprint density at radius 1 is 0.826 bits per heavy atom. The third kappa shape index (κ3) is 4.12. The summed E-state index contributed by atoms with van der Waals surface area (Å²) < 4.78 is 5.02. The summed E-state index contributed by atoms with van der Waals surface area (Å²) >= 11 is 12.0. The third-order valence-corrected chi connectivity index (χ3v) is 3.29. The average molecular weight is 350 g/mol. The summed E-state index contributed by atoms with van der Waals surface area (Å²) in [6.45, 7) is 3.62. The van der Waals surface area contributed by atoms with E-state index in [1.165, 1.54) is 0 Å². The van der Waals surface area contributed by atoms with Crippen molar-refractivity contribution < 1.29 is 4.52 Å². The van der Waals surface area contributed by atoms with Gasteiger partial charge in [-0.05, 0) is 32.0 Å². The summed E-state index contributed by atoms with van der Waals surface area (Å²) in [5.74, 6) is 3.10. The van der Waals surface area contributed by atoms with Gasteiger partial charge >= 0.3 is 0 Å². The molecule has 0 spiro atoms. The molecule has 2 N–H and O–H groups in total. The maximum absolute atomic E-state index is 6.00. The molecule has 0 aliphatic rings. The minimum absolute atomic E-state index is 0.544. The summed E-state index contributed by atoms with van der Waals surface area (Å²) in [7, 11) is 0. The van der Waals surface area contributed by atoms with Crippen molar-refractivity contribution in [3.63, 3.8) is 0 Å². The number of nitrogens with one attached hydrogen (secondary N) is 2. The molecule has 0 bridgehead atoms. The highest BCUT2D eigenvalue weighted by Crippen LogP contribution is 2.26. The van der Waals surface area contributed by atoms with Crippen LogP contribution in [0, 0.1) is 13.8 Å². The van der Waals surface area contributed by atoms with Crippen LogP contribution in [0.3, 0.4) is 0 Å². The molecule has 0 aliphatic carbocycles. The van der Waals surface area contributed by atoms with Crippen LogP contribution in [0.2, 0.25) is 10.0 Å². The van der Waals surface area contributed by atoms with Crippen LogP contribution in [0.4, 0.5) is 23.1 Å². The van der Waals surface area contributed by atoms with Gasteiger partial charge in [0.05, 0.1) is 0 Å². The Labute approximate surface area is 142 Å². The lowest BCUT2D eigenvalue weighted by Gasteiger charge is -2.09. The van der Waals surface area contributed by atoms with Gasteiger partial charge in [-0.3, -0.25) is 0 Å². The van der Waals surface area contributed by atoms with Crippen LogP contribution in [0.25, 0.3) is 0 Å². The van der Waals surface area contributed by atoms with E-state index in [4.69, 9.17) is 27.7 Å². The molecule has 2 aromatic heterocycles. The molecule has 118 valence electrons. The van der Waals surface area contributed by atoms with Crippen molar-refractivity contribution in [1.29, 1.82) is 0 Å². The van der Waals surface area contributed by atoms with Gasteiger partial charge in [-0.15, -0.1) is 0 Å². The molecular formula is C15H13Cl2N5O. The molecule has 3 rings (SSSR count). The topological polar surface area (TPSA) is 75.9 Å². The van der Waals surface area contributed by atoms with Crippen LogP contribution in [-0.2, 0) is 0 Å². The molecule has 0 unspecified atom stereocenters. The number of aromatic nitrogens is 3. The molecule has 0 atom stereocenters. The Hall–Kier alpha value is -2.31. The van der Waals surface area contributed by atoms with Crippen molar-refractivity contribution in [1.82, 2.24) is 15.1 Å². The lowest BCUT2D eigenvalue weighted by Crippen LogP contribution is -2.01. The molecule has 0 amide bonds. The van der Waals surface area contributed by atoms with Gasteiger partial charge in [0.25, 0.3) is 0 Å². The summed E-state index contributed by atoms with van der Waals surface area (Å²) in [6, 6.07) is 8.73. The molecular weight excluding hydrogens is 337 g/mol. The van der Waals surface area contributed by atoms with E-state index in [2.05, 4.69) is 25.8 Å². The normalized spacial score (nSPS) is 10.6. The van der Waals surface area contributed by atoms with Gasteiger partial charge in [-0.2, -0.15) is 0 Å². The smallest absolute Gasteiger partial charge is 0.175 e. The fourth-order valence-electron chi connectivity index (χ4n) is 2.03. The minimum Gasteiger partial charge on any atom is -0.360 e. The maximum Gasteiger partial charge on any atom is 0.175 e. The van der Waals surface area contributed by atoms with Crippen LogP contribution < -0.4 is 10.6 Å². The first-order valence-electron chi connectivity index (χ1n) is 6.77. The Morgan fingerprint density at radius 2 is 1.48 bits per heavy atom. The van der Waals surface area contributed by atoms with E-state index >= 15 is 0 Å². The molecule has 0 radical (unpaired) electrons. The molecule has 2 heterocycles. The van der Waals surface area contributed by atoms with E-state index in [1.54, 1.807) is 37.3 Å². The van der Waals surface area contributed by atoms with Crippen LogP contribution in [-0.4, -0.2) is 15.1 Å². The van der Waals surface area contributed by atoms with E-state index in [1.807, 2.05) is 6.92 Å². The zero-order chi connectivity index (χ0) is 16.4. The van der Waals surface area contributed by atoms with Gasteiger partial charge in [0.1, 0.15) is 23.2 Å². The van der Waals surface area contributed by atoms with Crippen molar-refractivity contribution in [3.05, 3.63) is 52.0 Å². The number of anilines is 4. The largest absolute Gasteiger partial charge is 0.360 e. The zero-order valence-electron chi connectivity index (χ0n) is 12.4. The number of rotatable bonds is 4. The van der Waals surface area contributed by atoms with Crippen molar-refractivity contribution >= 4 is 46.3 Å². The van der Waals surface area contributed by atoms with E-state index in [-0.39, 0.29) is 0 Å². The minimum atomic E-state index is 0.544. The van der Waals surface area contributed by atoms with E-state index in [9.17, 15) is 0 Å². The van der Waals surface area contributed by atoms with Gasteiger partial charge in [0.15, 0.2) is 5.82 Å². The average Bonchev–Trinajstić information content (AvgIpc) is 2.82. The number of benzene rings is 1. The fourth-order valence-corrected chi connectivity index (χ4v) is 2.55. The Morgan fingerprint density at radius 3 is 2.09 bits per heavy atom. The van der Waals surface area contributed by atoms with Gasteiger partial charge in [-0.25, -0.2) is 9.97 Å². The van der Waals surface area contributed by atoms with Gasteiger partial charge < -0.3 is 15.2 Å². The monoisotopic (exact) mass is 349 g/mol. The molecule has 0 fully saturated rings. The molecule has 0 aliphatic heterocycles. The Kier molecular flexibility index (Phi) is 4.36. The SMILES string of the molecule is Cc1nc(Nc2cc(Cl)cc(Cl)c2)cc(Nc2cc(C)on2)n1. The quantitative estimate of drug-likeness (QED) is 0.699. The molecule has 0 saturated heterocycles. The fraction of sp³-hybridized carbons (Fsp3) is 0.133. The second kappa shape index (κ2) is 6.44. The van der Waals surface area contributed by atoms with Crippen LogP contribution in [0.5, 0.6) is 0 Å². The standard InChI is InChI=1S/C15H13Cl2N5O/c1-8-3-15(22-23-8)21-14-7-13(18-9(2)19-14)20-12-5-10(16)4-11(17)6-12/h3-7H,1-2H3,(H2,18,19,20,21,22). The molecule has 8 heteroatoms. The van der Waals surface area contributed by atoms with Crippen LogP contribution >= 0.6 is 23.2 Å². The first kappa shape index (κ1) is 15.6. The summed E-state index contributed by atoms with van der Waals surface area (Å²) in [4.78, 5) is 8.66. The highest BCUT2D eigenvalue weighted by molar-refractivity contribution is 6.35. The van der Waals surface area contributed by atoms with Crippen LogP contribution in [0.1, 0.15) is 11.6 Å². The van der Waals surface area contributed by atoms with E-state index < -0.39 is 0 Å². The number of nitrogens with zero attached hydrogens (tertiary/aromatic N) is 3. The molecule has 6 nitrogen and oxygen atoms in total. The van der Waals surface area contributed by atoms with Crippen LogP contribution in [0.15, 0.2) is 34.9 Å². The van der Waals surface area contributed by atoms with Crippen molar-refractivity contribution in [2.45, 2.75) is 13.8 Å². The zero-order valence-corrected chi connectivity index (χ0v) is 13.9. The number of hydrogen-bond acceptors (Lipinski definition) is 6. The van der Waals surface area contributed by atoms with Crippen molar-refractivity contribution in [2.24, 2.45) is 0 Å². The second-order valence-electron chi connectivity index (χ2n) is 4.92. The Balaban J connectivity index is 1.85. The molecule has 23 heavy (non-hydrogen) atoms. The van der Waals surface area contributed by atoms with E-state index in [0.717, 1.165) is 5.69 Å². The third-order valence-electron chi connectivity index (χ3n) is 2.86.